The highest BCUT2D eigenvalue weighted by molar-refractivity contribution is 9.11. The van der Waals surface area contributed by atoms with E-state index >= 15 is 0 Å². The Morgan fingerprint density at radius 3 is 2.00 bits per heavy atom. The van der Waals surface area contributed by atoms with E-state index in [0.29, 0.717) is 4.57 Å². The van der Waals surface area contributed by atoms with Crippen LogP contribution in [0.3, 0.4) is 0 Å². The van der Waals surface area contributed by atoms with Crippen LogP contribution in [0.25, 0.3) is 0 Å². The van der Waals surface area contributed by atoms with Gasteiger partial charge in [-0.25, -0.2) is 9.78 Å². The van der Waals surface area contributed by atoms with Gasteiger partial charge in [0.2, 0.25) is 12.2 Å². The molecule has 0 amide bonds. The van der Waals surface area contributed by atoms with Gasteiger partial charge in [-0.15, -0.1) is 0 Å². The molecular formula is C20H16Br2F9N3O4. The molecule has 2 rings (SSSR count). The standard InChI is InChI=1S/C20H16Br2F9N3O4/c1-4-33-14(35)12(22)13(20(29,30)31)32-17(33)34(15(37-3)16(36)38-5-2)10-7-8(18(23,24)25)6-9(11(10)21)19(26,27)28/h6-7,15H,4-5H2,1-3H3. The fraction of sp³-hybridized carbons (Fsp3) is 0.450. The van der Waals surface area contributed by atoms with Crippen molar-refractivity contribution in [3.05, 3.63) is 48.3 Å². The van der Waals surface area contributed by atoms with Crippen molar-refractivity contribution in [3.8, 4) is 0 Å². The molecule has 0 aliphatic carbocycles. The van der Waals surface area contributed by atoms with Crippen LogP contribution in [0.5, 0.6) is 0 Å². The molecule has 0 N–H and O–H groups in total. The van der Waals surface area contributed by atoms with Crippen molar-refractivity contribution < 1.29 is 53.8 Å². The number of carbonyl (C=O) groups is 1. The van der Waals surface area contributed by atoms with Gasteiger partial charge in [0.05, 0.1) is 27.9 Å². The zero-order chi connectivity index (χ0) is 29.4. The minimum atomic E-state index is -5.40. The molecule has 1 aromatic heterocycles. The number of aromatic nitrogens is 2. The normalized spacial score (nSPS) is 13.4. The van der Waals surface area contributed by atoms with Gasteiger partial charge >= 0.3 is 24.5 Å². The highest BCUT2D eigenvalue weighted by Crippen LogP contribution is 2.46. The van der Waals surface area contributed by atoms with E-state index < -0.39 is 80.2 Å². The van der Waals surface area contributed by atoms with Crippen LogP contribution < -0.4 is 10.5 Å². The van der Waals surface area contributed by atoms with Crippen molar-refractivity contribution in [2.45, 2.75) is 45.1 Å². The molecule has 212 valence electrons. The van der Waals surface area contributed by atoms with Crippen LogP contribution in [0.4, 0.5) is 51.1 Å². The van der Waals surface area contributed by atoms with Crippen molar-refractivity contribution >= 4 is 49.5 Å². The average molecular weight is 693 g/mol. The number of ether oxygens (including phenoxy) is 2. The zero-order valence-corrected chi connectivity index (χ0v) is 22.5. The molecule has 1 heterocycles. The maximum Gasteiger partial charge on any atom is 0.434 e. The fourth-order valence-corrected chi connectivity index (χ4v) is 4.36. The zero-order valence-electron chi connectivity index (χ0n) is 19.3. The van der Waals surface area contributed by atoms with E-state index in [9.17, 15) is 49.1 Å². The van der Waals surface area contributed by atoms with Gasteiger partial charge in [0, 0.05) is 13.7 Å². The monoisotopic (exact) mass is 691 g/mol. The van der Waals surface area contributed by atoms with E-state index in [4.69, 9.17) is 9.47 Å². The molecule has 1 atom stereocenters. The summed E-state index contributed by atoms with van der Waals surface area (Å²) in [5.74, 6) is -2.57. The number of hydrogen-bond acceptors (Lipinski definition) is 6. The predicted octanol–water partition coefficient (Wildman–Crippen LogP) is 6.52. The Labute approximate surface area is 224 Å². The lowest BCUT2D eigenvalue weighted by Gasteiger charge is -2.33. The van der Waals surface area contributed by atoms with Crippen molar-refractivity contribution in [3.63, 3.8) is 0 Å². The second-order valence-corrected chi connectivity index (χ2v) is 8.77. The molecule has 0 bridgehead atoms. The van der Waals surface area contributed by atoms with Crippen LogP contribution in [0, 0.1) is 0 Å². The quantitative estimate of drug-likeness (QED) is 0.187. The number of benzene rings is 1. The molecule has 1 aromatic carbocycles. The molecule has 38 heavy (non-hydrogen) atoms. The van der Waals surface area contributed by atoms with E-state index in [0.717, 1.165) is 7.11 Å². The van der Waals surface area contributed by atoms with E-state index in [-0.39, 0.29) is 23.6 Å². The summed E-state index contributed by atoms with van der Waals surface area (Å²) in [5, 5.41) is 0. The number of esters is 1. The average Bonchev–Trinajstić information content (AvgIpc) is 2.77. The molecule has 0 saturated heterocycles. The van der Waals surface area contributed by atoms with Crippen molar-refractivity contribution in [1.29, 1.82) is 0 Å². The molecule has 1 unspecified atom stereocenters. The number of rotatable bonds is 7. The third kappa shape index (κ3) is 6.44. The second kappa shape index (κ2) is 11.4. The van der Waals surface area contributed by atoms with Crippen LogP contribution in [-0.2, 0) is 39.3 Å². The lowest BCUT2D eigenvalue weighted by molar-refractivity contribution is -0.154. The van der Waals surface area contributed by atoms with Crippen molar-refractivity contribution in [2.24, 2.45) is 0 Å². The summed E-state index contributed by atoms with van der Waals surface area (Å²) in [4.78, 5) is 29.0. The molecule has 0 aliphatic heterocycles. The topological polar surface area (TPSA) is 73.7 Å². The highest BCUT2D eigenvalue weighted by atomic mass is 79.9. The largest absolute Gasteiger partial charge is 0.463 e. The number of anilines is 2. The first kappa shape index (κ1) is 31.9. The summed E-state index contributed by atoms with van der Waals surface area (Å²) in [7, 11) is 0.790. The summed E-state index contributed by atoms with van der Waals surface area (Å²) >= 11 is 5.04. The number of alkyl halides is 9. The van der Waals surface area contributed by atoms with Crippen LogP contribution in [0.1, 0.15) is 30.7 Å². The lowest BCUT2D eigenvalue weighted by Crippen LogP contribution is -2.45. The van der Waals surface area contributed by atoms with Gasteiger partial charge in [-0.05, 0) is 57.8 Å². The molecule has 18 heteroatoms. The van der Waals surface area contributed by atoms with E-state index in [2.05, 4.69) is 36.8 Å². The van der Waals surface area contributed by atoms with Gasteiger partial charge in [-0.2, -0.15) is 39.5 Å². The molecule has 0 aliphatic rings. The Balaban J connectivity index is 3.19. The molecular weight excluding hydrogens is 677 g/mol. The van der Waals surface area contributed by atoms with E-state index in [1.807, 2.05) is 0 Å². The Morgan fingerprint density at radius 1 is 1.00 bits per heavy atom. The second-order valence-electron chi connectivity index (χ2n) is 7.18. The smallest absolute Gasteiger partial charge is 0.434 e. The lowest BCUT2D eigenvalue weighted by atomic mass is 10.1. The summed E-state index contributed by atoms with van der Waals surface area (Å²) in [6.45, 7) is 1.71. The predicted molar refractivity (Wildman–Crippen MR) is 121 cm³/mol. The Bertz CT molecular complexity index is 1260. The summed E-state index contributed by atoms with van der Waals surface area (Å²) in [5.41, 5.74) is -8.15. The van der Waals surface area contributed by atoms with E-state index in [1.54, 1.807) is 0 Å². The van der Waals surface area contributed by atoms with Gasteiger partial charge in [-0.3, -0.25) is 14.3 Å². The van der Waals surface area contributed by atoms with Crippen LogP contribution in [0.15, 0.2) is 25.9 Å². The maximum absolute atomic E-state index is 13.7. The summed E-state index contributed by atoms with van der Waals surface area (Å²) in [6.07, 6.45) is -18.4. The first-order chi connectivity index (χ1) is 17.3. The molecule has 0 radical (unpaired) electrons. The van der Waals surface area contributed by atoms with Gasteiger partial charge in [-0.1, -0.05) is 0 Å². The summed E-state index contributed by atoms with van der Waals surface area (Å²) < 4.78 is 131. The summed E-state index contributed by atoms with van der Waals surface area (Å²) in [6, 6.07) is -0.104. The number of methoxy groups -OCH3 is 1. The number of hydrogen-bond donors (Lipinski definition) is 0. The van der Waals surface area contributed by atoms with Crippen LogP contribution in [-0.4, -0.2) is 35.5 Å². The first-order valence-electron chi connectivity index (χ1n) is 10.1. The number of halogens is 11. The van der Waals surface area contributed by atoms with Crippen molar-refractivity contribution in [1.82, 2.24) is 9.55 Å². The van der Waals surface area contributed by atoms with E-state index in [1.165, 1.54) is 13.8 Å². The molecule has 0 fully saturated rings. The van der Waals surface area contributed by atoms with Crippen LogP contribution >= 0.6 is 31.9 Å². The Morgan fingerprint density at radius 2 is 1.58 bits per heavy atom. The highest BCUT2D eigenvalue weighted by Gasteiger charge is 2.44. The van der Waals surface area contributed by atoms with Gasteiger partial charge in [0.1, 0.15) is 4.47 Å². The minimum absolute atomic E-state index is 0.131. The maximum atomic E-state index is 13.7. The third-order valence-corrected chi connectivity index (χ3v) is 6.33. The Hall–Kier alpha value is -2.34. The number of carbonyl (C=O) groups excluding carboxylic acids is 1. The SMILES string of the molecule is CCOC(=O)C(OC)N(c1cc(C(F)(F)F)cc(C(F)(F)F)c1Br)c1nc(C(F)(F)F)c(Br)c(=O)n1CC. The first-order valence-corrected chi connectivity index (χ1v) is 11.7. The molecule has 0 saturated carbocycles. The van der Waals surface area contributed by atoms with Gasteiger partial charge in [0.15, 0.2) is 5.69 Å². The number of nitrogens with zero attached hydrogens (tertiary/aromatic N) is 3. The van der Waals surface area contributed by atoms with Gasteiger partial charge < -0.3 is 9.47 Å². The van der Waals surface area contributed by atoms with Crippen LogP contribution in [0.2, 0.25) is 0 Å². The molecule has 7 nitrogen and oxygen atoms in total. The van der Waals surface area contributed by atoms with Crippen molar-refractivity contribution in [2.75, 3.05) is 18.6 Å². The minimum Gasteiger partial charge on any atom is -0.463 e. The molecule has 0 spiro atoms. The fourth-order valence-electron chi connectivity index (χ4n) is 3.19. The van der Waals surface area contributed by atoms with Gasteiger partial charge in [0.25, 0.3) is 5.56 Å². The molecule has 2 aromatic rings. The third-order valence-electron chi connectivity index (χ3n) is 4.79. The Kier molecular flexibility index (Phi) is 9.57.